The summed E-state index contributed by atoms with van der Waals surface area (Å²) in [7, 11) is 1.80. The van der Waals surface area contributed by atoms with Crippen LogP contribution in [0, 0.1) is 6.92 Å². The van der Waals surface area contributed by atoms with E-state index in [1.807, 2.05) is 13.1 Å². The fourth-order valence-electron chi connectivity index (χ4n) is 3.38. The van der Waals surface area contributed by atoms with Gasteiger partial charge in [-0.3, -0.25) is 5.10 Å². The Bertz CT molecular complexity index is 893. The van der Waals surface area contributed by atoms with E-state index in [-0.39, 0.29) is 6.03 Å². The van der Waals surface area contributed by atoms with Gasteiger partial charge < -0.3 is 10.2 Å². The first kappa shape index (κ1) is 17.0. The lowest BCUT2D eigenvalue weighted by molar-refractivity contribution is 0.205. The molecular weight excluding hydrogens is 350 g/mol. The minimum atomic E-state index is -0.129. The van der Waals surface area contributed by atoms with E-state index in [2.05, 4.69) is 25.6 Å². The molecule has 0 atom stereocenters. The zero-order chi connectivity index (χ0) is 18.1. The van der Waals surface area contributed by atoms with Crippen molar-refractivity contribution < 1.29 is 4.79 Å². The smallest absolute Gasteiger partial charge is 0.317 e. The standard InChI is InChI=1S/C17H23N7OS/c1-11-22-24-9-12(19-17(24)26-11)8-18-16(25)23(2)10-15-13-6-4-3-5-7-14(13)20-21-15/h9H,3-8,10H2,1-2H3,(H,18,25)(H,20,21). The molecule has 3 heterocycles. The van der Waals surface area contributed by atoms with Gasteiger partial charge in [0.1, 0.15) is 5.01 Å². The Morgan fingerprint density at radius 2 is 2.23 bits per heavy atom. The fourth-order valence-corrected chi connectivity index (χ4v) is 4.13. The van der Waals surface area contributed by atoms with Crippen LogP contribution in [0.25, 0.3) is 4.96 Å². The number of carbonyl (C=O) groups is 1. The number of nitrogens with one attached hydrogen (secondary N) is 2. The maximum absolute atomic E-state index is 12.4. The van der Waals surface area contributed by atoms with Crippen LogP contribution in [0.15, 0.2) is 6.20 Å². The number of H-pyrrole nitrogens is 1. The van der Waals surface area contributed by atoms with Gasteiger partial charge in [0.15, 0.2) is 0 Å². The number of urea groups is 1. The Kier molecular flexibility index (Phi) is 4.62. The van der Waals surface area contributed by atoms with E-state index in [4.69, 9.17) is 0 Å². The van der Waals surface area contributed by atoms with Gasteiger partial charge in [-0.1, -0.05) is 17.8 Å². The van der Waals surface area contributed by atoms with E-state index in [0.29, 0.717) is 13.1 Å². The van der Waals surface area contributed by atoms with E-state index in [0.717, 1.165) is 34.2 Å². The number of aromatic amines is 1. The van der Waals surface area contributed by atoms with E-state index in [1.54, 1.807) is 16.5 Å². The molecule has 2 amide bonds. The Morgan fingerprint density at radius 1 is 1.38 bits per heavy atom. The SMILES string of the molecule is Cc1nn2cc(CNC(=O)N(C)Cc3n[nH]c4c3CCCCC4)nc2s1. The van der Waals surface area contributed by atoms with Gasteiger partial charge in [-0.15, -0.1) is 0 Å². The van der Waals surface area contributed by atoms with Crippen molar-refractivity contribution in [3.05, 3.63) is 33.8 Å². The summed E-state index contributed by atoms with van der Waals surface area (Å²) < 4.78 is 1.75. The molecule has 138 valence electrons. The zero-order valence-electron chi connectivity index (χ0n) is 15.1. The highest BCUT2D eigenvalue weighted by atomic mass is 32.1. The van der Waals surface area contributed by atoms with Gasteiger partial charge in [-0.05, 0) is 38.2 Å². The van der Waals surface area contributed by atoms with Crippen LogP contribution in [-0.4, -0.2) is 42.8 Å². The van der Waals surface area contributed by atoms with Crippen LogP contribution in [0.5, 0.6) is 0 Å². The molecule has 3 aromatic rings. The highest BCUT2D eigenvalue weighted by Crippen LogP contribution is 2.22. The molecule has 1 aliphatic rings. The highest BCUT2D eigenvalue weighted by Gasteiger charge is 2.18. The van der Waals surface area contributed by atoms with Crippen molar-refractivity contribution in [2.45, 2.75) is 52.1 Å². The summed E-state index contributed by atoms with van der Waals surface area (Å²) in [5.41, 5.74) is 4.34. The number of hydrogen-bond acceptors (Lipinski definition) is 5. The summed E-state index contributed by atoms with van der Waals surface area (Å²) in [6.07, 6.45) is 7.63. The number of fused-ring (bicyclic) bond motifs is 2. The molecule has 1 aliphatic carbocycles. The van der Waals surface area contributed by atoms with Gasteiger partial charge >= 0.3 is 6.03 Å². The molecule has 0 aliphatic heterocycles. The lowest BCUT2D eigenvalue weighted by atomic mass is 10.1. The van der Waals surface area contributed by atoms with Gasteiger partial charge in [-0.2, -0.15) is 10.2 Å². The average Bonchev–Trinajstić information content (AvgIpc) is 3.20. The maximum atomic E-state index is 12.4. The van der Waals surface area contributed by atoms with Crippen LogP contribution in [0.1, 0.15) is 46.9 Å². The van der Waals surface area contributed by atoms with Crippen molar-refractivity contribution in [3.8, 4) is 0 Å². The number of rotatable bonds is 4. The van der Waals surface area contributed by atoms with E-state index in [9.17, 15) is 4.79 Å². The van der Waals surface area contributed by atoms with Crippen molar-refractivity contribution >= 4 is 22.3 Å². The third-order valence-electron chi connectivity index (χ3n) is 4.74. The van der Waals surface area contributed by atoms with Gasteiger partial charge in [-0.25, -0.2) is 14.3 Å². The molecule has 0 saturated heterocycles. The van der Waals surface area contributed by atoms with Crippen molar-refractivity contribution in [1.29, 1.82) is 0 Å². The monoisotopic (exact) mass is 373 g/mol. The summed E-state index contributed by atoms with van der Waals surface area (Å²) in [4.78, 5) is 19.4. The number of amides is 2. The highest BCUT2D eigenvalue weighted by molar-refractivity contribution is 7.16. The van der Waals surface area contributed by atoms with Gasteiger partial charge in [0.2, 0.25) is 4.96 Å². The minimum Gasteiger partial charge on any atom is -0.332 e. The summed E-state index contributed by atoms with van der Waals surface area (Å²) in [6, 6.07) is -0.129. The first-order chi connectivity index (χ1) is 12.6. The molecule has 0 fully saturated rings. The Labute approximate surface area is 155 Å². The molecule has 0 radical (unpaired) electrons. The van der Waals surface area contributed by atoms with Crippen LogP contribution in [0.2, 0.25) is 0 Å². The molecule has 9 heteroatoms. The number of carbonyl (C=O) groups excluding carboxylic acids is 1. The van der Waals surface area contributed by atoms with Crippen LogP contribution in [0.4, 0.5) is 4.79 Å². The minimum absolute atomic E-state index is 0.129. The first-order valence-corrected chi connectivity index (χ1v) is 9.77. The van der Waals surface area contributed by atoms with Crippen LogP contribution in [0.3, 0.4) is 0 Å². The van der Waals surface area contributed by atoms with Crippen LogP contribution in [-0.2, 0) is 25.9 Å². The third kappa shape index (κ3) is 3.44. The second kappa shape index (κ2) is 7.06. The third-order valence-corrected chi connectivity index (χ3v) is 5.58. The molecular formula is C17H23N7OS. The van der Waals surface area contributed by atoms with Crippen molar-refractivity contribution in [2.24, 2.45) is 0 Å². The summed E-state index contributed by atoms with van der Waals surface area (Å²) >= 11 is 1.54. The van der Waals surface area contributed by atoms with Crippen LogP contribution >= 0.6 is 11.3 Å². The van der Waals surface area contributed by atoms with Crippen molar-refractivity contribution in [2.75, 3.05) is 7.05 Å². The van der Waals surface area contributed by atoms with E-state index < -0.39 is 0 Å². The van der Waals surface area contributed by atoms with Gasteiger partial charge in [0.25, 0.3) is 0 Å². The lowest BCUT2D eigenvalue weighted by Gasteiger charge is -2.17. The summed E-state index contributed by atoms with van der Waals surface area (Å²) in [5, 5.41) is 15.8. The number of imidazole rings is 1. The number of aromatic nitrogens is 5. The molecule has 0 spiro atoms. The Balaban J connectivity index is 1.35. The van der Waals surface area contributed by atoms with Gasteiger partial charge in [0.05, 0.1) is 30.7 Å². The maximum Gasteiger partial charge on any atom is 0.317 e. The molecule has 8 nitrogen and oxygen atoms in total. The molecule has 0 bridgehead atoms. The topological polar surface area (TPSA) is 91.2 Å². The van der Waals surface area contributed by atoms with Crippen molar-refractivity contribution in [3.63, 3.8) is 0 Å². The van der Waals surface area contributed by atoms with Crippen LogP contribution < -0.4 is 5.32 Å². The summed E-state index contributed by atoms with van der Waals surface area (Å²) in [6.45, 7) is 2.85. The molecule has 4 rings (SSSR count). The number of nitrogens with zero attached hydrogens (tertiary/aromatic N) is 5. The molecule has 2 N–H and O–H groups in total. The first-order valence-electron chi connectivity index (χ1n) is 8.96. The number of hydrogen-bond donors (Lipinski definition) is 2. The predicted molar refractivity (Wildman–Crippen MR) is 99.2 cm³/mol. The quantitative estimate of drug-likeness (QED) is 0.687. The Morgan fingerprint density at radius 3 is 3.08 bits per heavy atom. The van der Waals surface area contributed by atoms with Crippen molar-refractivity contribution in [1.82, 2.24) is 35.0 Å². The van der Waals surface area contributed by atoms with E-state index >= 15 is 0 Å². The molecule has 0 aromatic carbocycles. The van der Waals surface area contributed by atoms with E-state index in [1.165, 1.54) is 41.9 Å². The fraction of sp³-hybridized carbons (Fsp3) is 0.529. The second-order valence-corrected chi connectivity index (χ2v) is 7.94. The molecule has 26 heavy (non-hydrogen) atoms. The molecule has 0 unspecified atom stereocenters. The summed E-state index contributed by atoms with van der Waals surface area (Å²) in [5.74, 6) is 0. The zero-order valence-corrected chi connectivity index (χ0v) is 15.9. The molecule has 0 saturated carbocycles. The predicted octanol–water partition coefficient (Wildman–Crippen LogP) is 2.43. The average molecular weight is 373 g/mol. The molecule has 3 aromatic heterocycles. The van der Waals surface area contributed by atoms with Gasteiger partial charge in [0, 0.05) is 12.7 Å². The largest absolute Gasteiger partial charge is 0.332 e. The second-order valence-electron chi connectivity index (χ2n) is 6.78. The number of aryl methyl sites for hydroxylation is 2. The Hall–Kier alpha value is -2.42. The lowest BCUT2D eigenvalue weighted by Crippen LogP contribution is -2.36. The normalized spacial score (nSPS) is 14.2.